The van der Waals surface area contributed by atoms with E-state index in [-0.39, 0.29) is 31.1 Å². The Kier molecular flexibility index (Phi) is 63.1. The number of rotatable bonds is 63. The topological polar surface area (TPSA) is 78.9 Å². The molecule has 0 aliphatic heterocycles. The Morgan fingerprint density at radius 3 is 0.737 bits per heavy atom. The average Bonchev–Trinajstić information content (AvgIpc) is 3.42. The molecule has 0 radical (unpaired) electrons. The van der Waals surface area contributed by atoms with Gasteiger partial charge in [0.05, 0.1) is 0 Å². The predicted octanol–water partition coefficient (Wildman–Crippen LogP) is 23.2. The molecule has 0 aromatic heterocycles. The molecule has 76 heavy (non-hydrogen) atoms. The fraction of sp³-hybridized carbons (Fsp3) is 0.871. The van der Waals surface area contributed by atoms with Crippen LogP contribution >= 0.6 is 0 Å². The van der Waals surface area contributed by atoms with Crippen LogP contribution < -0.4 is 0 Å². The summed E-state index contributed by atoms with van der Waals surface area (Å²) in [5, 5.41) is 0. The zero-order valence-electron chi connectivity index (χ0n) is 51.3. The molecule has 0 spiro atoms. The molecular formula is C70H130O6. The van der Waals surface area contributed by atoms with E-state index in [0.29, 0.717) is 19.3 Å². The molecule has 1 unspecified atom stereocenters. The molecule has 6 nitrogen and oxygen atoms in total. The number of carbonyl (C=O) groups excluding carboxylic acids is 3. The number of unbranched alkanes of at least 4 members (excludes halogenated alkanes) is 46. The van der Waals surface area contributed by atoms with Gasteiger partial charge in [0.2, 0.25) is 0 Å². The summed E-state index contributed by atoms with van der Waals surface area (Å²) in [6.45, 7) is 6.68. The highest BCUT2D eigenvalue weighted by molar-refractivity contribution is 5.71. The quantitative estimate of drug-likeness (QED) is 0.0261. The lowest BCUT2D eigenvalue weighted by Crippen LogP contribution is -2.30. The highest BCUT2D eigenvalue weighted by Gasteiger charge is 2.19. The van der Waals surface area contributed by atoms with Gasteiger partial charge in [-0.05, 0) is 77.0 Å². The molecule has 0 aliphatic rings. The van der Waals surface area contributed by atoms with Crippen LogP contribution in [0.5, 0.6) is 0 Å². The van der Waals surface area contributed by atoms with Crippen molar-refractivity contribution in [2.45, 2.75) is 380 Å². The minimum Gasteiger partial charge on any atom is -0.462 e. The summed E-state index contributed by atoms with van der Waals surface area (Å²) in [7, 11) is 0. The van der Waals surface area contributed by atoms with Gasteiger partial charge in [0, 0.05) is 19.3 Å². The Morgan fingerprint density at radius 2 is 0.474 bits per heavy atom. The molecule has 0 aliphatic carbocycles. The second kappa shape index (κ2) is 65.2. The third-order valence-corrected chi connectivity index (χ3v) is 15.4. The molecule has 0 fully saturated rings. The summed E-state index contributed by atoms with van der Waals surface area (Å²) < 4.78 is 17.0. The molecule has 0 N–H and O–H groups in total. The van der Waals surface area contributed by atoms with Crippen LogP contribution in [0.3, 0.4) is 0 Å². The summed E-state index contributed by atoms with van der Waals surface area (Å²) >= 11 is 0. The highest BCUT2D eigenvalue weighted by atomic mass is 16.6. The van der Waals surface area contributed by atoms with Gasteiger partial charge in [0.25, 0.3) is 0 Å². The van der Waals surface area contributed by atoms with Crippen LogP contribution in [0.15, 0.2) is 36.5 Å². The molecule has 0 aromatic carbocycles. The van der Waals surface area contributed by atoms with Gasteiger partial charge in [-0.1, -0.05) is 314 Å². The van der Waals surface area contributed by atoms with Gasteiger partial charge in [0.1, 0.15) is 13.2 Å². The van der Waals surface area contributed by atoms with Crippen molar-refractivity contribution in [2.75, 3.05) is 13.2 Å². The third-order valence-electron chi connectivity index (χ3n) is 15.4. The molecule has 0 aromatic rings. The summed E-state index contributed by atoms with van der Waals surface area (Å²) in [4.78, 5) is 38.4. The molecule has 446 valence electrons. The Hall–Kier alpha value is -2.37. The number of carbonyl (C=O) groups is 3. The maximum Gasteiger partial charge on any atom is 0.306 e. The van der Waals surface area contributed by atoms with E-state index in [0.717, 1.165) is 70.6 Å². The monoisotopic (exact) mass is 1070 g/mol. The Morgan fingerprint density at radius 1 is 0.263 bits per heavy atom. The Bertz CT molecular complexity index is 1270. The van der Waals surface area contributed by atoms with Crippen LogP contribution in [0.2, 0.25) is 0 Å². The van der Waals surface area contributed by atoms with Crippen molar-refractivity contribution in [3.63, 3.8) is 0 Å². The second-order valence-electron chi connectivity index (χ2n) is 23.1. The Labute approximate surface area is 474 Å². The van der Waals surface area contributed by atoms with Gasteiger partial charge in [-0.25, -0.2) is 0 Å². The lowest BCUT2D eigenvalue weighted by atomic mass is 10.0. The maximum absolute atomic E-state index is 12.9. The number of ether oxygens (including phenoxy) is 3. The number of allylic oxidation sites excluding steroid dienone is 6. The zero-order valence-corrected chi connectivity index (χ0v) is 51.3. The van der Waals surface area contributed by atoms with Gasteiger partial charge in [-0.2, -0.15) is 0 Å². The number of esters is 3. The van der Waals surface area contributed by atoms with Crippen molar-refractivity contribution in [2.24, 2.45) is 0 Å². The SMILES string of the molecule is CCCCCCC/C=C\C/C=C\CCCCCCCCCCCC(=O)OC(COC(=O)CCCCCCC/C=C\CCCCCCCC)COC(=O)CCCCCCCCCCCCCCCCCCCCCCCC. The summed E-state index contributed by atoms with van der Waals surface area (Å²) in [5.41, 5.74) is 0. The molecule has 0 amide bonds. The third kappa shape index (κ3) is 62.5. The van der Waals surface area contributed by atoms with E-state index in [4.69, 9.17) is 14.2 Å². The first kappa shape index (κ1) is 73.6. The summed E-state index contributed by atoms with van der Waals surface area (Å²) in [5.74, 6) is -0.858. The van der Waals surface area contributed by atoms with Crippen LogP contribution in [0.1, 0.15) is 374 Å². The first-order valence-electron chi connectivity index (χ1n) is 34.0. The lowest BCUT2D eigenvalue weighted by Gasteiger charge is -2.18. The smallest absolute Gasteiger partial charge is 0.306 e. The minimum absolute atomic E-state index is 0.0719. The molecule has 6 heteroatoms. The van der Waals surface area contributed by atoms with Crippen LogP contribution in [0.4, 0.5) is 0 Å². The second-order valence-corrected chi connectivity index (χ2v) is 23.1. The van der Waals surface area contributed by atoms with Crippen molar-refractivity contribution < 1.29 is 28.6 Å². The molecule has 0 rings (SSSR count). The van der Waals surface area contributed by atoms with Crippen LogP contribution in [-0.2, 0) is 28.6 Å². The standard InChI is InChI=1S/C70H130O6/c1-4-7-10-13-16-19-22-25-28-30-32-34-36-37-39-42-45-48-51-54-57-60-63-69(72)75-66-67(65-74-68(71)62-59-56-53-50-47-44-41-27-24-21-18-15-12-9-6-3)76-70(73)64-61-58-55-52-49-46-43-40-38-35-33-31-29-26-23-20-17-14-11-8-5-2/h23,26-27,31,33,41,67H,4-22,24-25,28-30,32,34-40,42-66H2,1-3H3/b26-23-,33-31-,41-27-. The predicted molar refractivity (Wildman–Crippen MR) is 330 cm³/mol. The van der Waals surface area contributed by atoms with Crippen molar-refractivity contribution >= 4 is 17.9 Å². The van der Waals surface area contributed by atoms with Crippen LogP contribution in [0.25, 0.3) is 0 Å². The first-order valence-corrected chi connectivity index (χ1v) is 34.0. The van der Waals surface area contributed by atoms with Gasteiger partial charge in [0.15, 0.2) is 6.10 Å². The fourth-order valence-electron chi connectivity index (χ4n) is 10.2. The first-order chi connectivity index (χ1) is 37.5. The van der Waals surface area contributed by atoms with E-state index in [9.17, 15) is 14.4 Å². The van der Waals surface area contributed by atoms with Gasteiger partial charge in [-0.15, -0.1) is 0 Å². The summed E-state index contributed by atoms with van der Waals surface area (Å²) in [6.07, 6.45) is 80.1. The van der Waals surface area contributed by atoms with Crippen molar-refractivity contribution in [3.8, 4) is 0 Å². The van der Waals surface area contributed by atoms with Gasteiger partial charge >= 0.3 is 17.9 Å². The van der Waals surface area contributed by atoms with Gasteiger partial charge < -0.3 is 14.2 Å². The molecule has 1 atom stereocenters. The van der Waals surface area contributed by atoms with Crippen LogP contribution in [-0.4, -0.2) is 37.2 Å². The highest BCUT2D eigenvalue weighted by Crippen LogP contribution is 2.18. The Balaban J connectivity index is 4.31. The van der Waals surface area contributed by atoms with Gasteiger partial charge in [-0.3, -0.25) is 14.4 Å². The van der Waals surface area contributed by atoms with E-state index in [2.05, 4.69) is 57.2 Å². The van der Waals surface area contributed by atoms with Crippen LogP contribution in [0, 0.1) is 0 Å². The largest absolute Gasteiger partial charge is 0.462 e. The molecule has 0 saturated heterocycles. The van der Waals surface area contributed by atoms with Crippen molar-refractivity contribution in [3.05, 3.63) is 36.5 Å². The maximum atomic E-state index is 12.9. The molecule has 0 bridgehead atoms. The number of hydrogen-bond acceptors (Lipinski definition) is 6. The van der Waals surface area contributed by atoms with Crippen molar-refractivity contribution in [1.82, 2.24) is 0 Å². The van der Waals surface area contributed by atoms with E-state index in [1.807, 2.05) is 0 Å². The number of hydrogen-bond donors (Lipinski definition) is 0. The molecule has 0 heterocycles. The normalized spacial score (nSPS) is 12.2. The van der Waals surface area contributed by atoms with E-state index in [1.165, 1.54) is 263 Å². The minimum atomic E-state index is -0.777. The van der Waals surface area contributed by atoms with E-state index >= 15 is 0 Å². The average molecular weight is 1070 g/mol. The lowest BCUT2D eigenvalue weighted by molar-refractivity contribution is -0.167. The van der Waals surface area contributed by atoms with Crippen molar-refractivity contribution in [1.29, 1.82) is 0 Å². The molecular weight excluding hydrogens is 937 g/mol. The van der Waals surface area contributed by atoms with E-state index < -0.39 is 6.10 Å². The molecule has 0 saturated carbocycles. The summed E-state index contributed by atoms with van der Waals surface area (Å²) in [6, 6.07) is 0. The zero-order chi connectivity index (χ0) is 55.0. The fourth-order valence-corrected chi connectivity index (χ4v) is 10.2. The van der Waals surface area contributed by atoms with E-state index in [1.54, 1.807) is 0 Å².